The molecule has 1 unspecified atom stereocenters. The zero-order valence-corrected chi connectivity index (χ0v) is 10.6. The molecule has 2 aromatic rings. The second-order valence-corrected chi connectivity index (χ2v) is 4.34. The highest BCUT2D eigenvalue weighted by atomic mass is 19.1. The zero-order chi connectivity index (χ0) is 13.5. The third-order valence-electron chi connectivity index (χ3n) is 2.88. The summed E-state index contributed by atoms with van der Waals surface area (Å²) in [5.74, 6) is -0.293. The lowest BCUT2D eigenvalue weighted by Gasteiger charge is -2.12. The third kappa shape index (κ3) is 4.43. The number of nitrogens with zero attached hydrogens (tertiary/aromatic N) is 1. The maximum atomic E-state index is 12.7. The van der Waals surface area contributed by atoms with E-state index in [0.29, 0.717) is 12.1 Å². The lowest BCUT2D eigenvalue weighted by atomic mass is 10.1. The molecule has 0 amide bonds. The standard InChI is InChI=1S/C15H17FN2O/c16-13-6-4-12(5-7-13)15(19)11-17-10-8-14-3-1-2-9-18-14/h1-7,9,15,17,19H,8,10-11H2. The molecule has 2 rings (SSSR count). The van der Waals surface area contributed by atoms with E-state index in [2.05, 4.69) is 10.3 Å². The largest absolute Gasteiger partial charge is 0.387 e. The van der Waals surface area contributed by atoms with Gasteiger partial charge in [-0.2, -0.15) is 0 Å². The van der Waals surface area contributed by atoms with Crippen LogP contribution < -0.4 is 5.32 Å². The van der Waals surface area contributed by atoms with E-state index in [1.807, 2.05) is 18.2 Å². The SMILES string of the molecule is OC(CNCCc1ccccn1)c1ccc(F)cc1. The molecular formula is C15H17FN2O. The molecule has 0 aliphatic heterocycles. The van der Waals surface area contributed by atoms with Crippen LogP contribution in [0.1, 0.15) is 17.4 Å². The molecule has 1 aromatic heterocycles. The van der Waals surface area contributed by atoms with Crippen molar-refractivity contribution in [1.29, 1.82) is 0 Å². The molecule has 100 valence electrons. The molecule has 1 atom stereocenters. The Kier molecular flexibility index (Phi) is 5.01. The van der Waals surface area contributed by atoms with Crippen molar-refractivity contribution in [2.45, 2.75) is 12.5 Å². The van der Waals surface area contributed by atoms with Crippen molar-refractivity contribution in [2.75, 3.05) is 13.1 Å². The first kappa shape index (κ1) is 13.6. The van der Waals surface area contributed by atoms with E-state index >= 15 is 0 Å². The first-order valence-electron chi connectivity index (χ1n) is 6.30. The summed E-state index contributed by atoms with van der Waals surface area (Å²) in [5, 5.41) is 13.1. The molecule has 19 heavy (non-hydrogen) atoms. The number of nitrogens with one attached hydrogen (secondary N) is 1. The van der Waals surface area contributed by atoms with Crippen LogP contribution in [-0.4, -0.2) is 23.2 Å². The van der Waals surface area contributed by atoms with Gasteiger partial charge >= 0.3 is 0 Å². The number of aliphatic hydroxyl groups is 1. The van der Waals surface area contributed by atoms with Gasteiger partial charge in [0.05, 0.1) is 6.10 Å². The van der Waals surface area contributed by atoms with Crippen LogP contribution in [0.3, 0.4) is 0 Å². The zero-order valence-electron chi connectivity index (χ0n) is 10.6. The van der Waals surface area contributed by atoms with Crippen LogP contribution in [0.5, 0.6) is 0 Å². The van der Waals surface area contributed by atoms with Crippen molar-refractivity contribution in [1.82, 2.24) is 10.3 Å². The average Bonchev–Trinajstić information content (AvgIpc) is 2.45. The number of hydrogen-bond donors (Lipinski definition) is 2. The van der Waals surface area contributed by atoms with Crippen LogP contribution in [-0.2, 0) is 6.42 Å². The number of aliphatic hydroxyl groups excluding tert-OH is 1. The molecule has 2 N–H and O–H groups in total. The molecular weight excluding hydrogens is 243 g/mol. The maximum Gasteiger partial charge on any atom is 0.123 e. The Bertz CT molecular complexity index is 487. The van der Waals surface area contributed by atoms with Crippen molar-refractivity contribution in [3.05, 3.63) is 65.7 Å². The highest BCUT2D eigenvalue weighted by Crippen LogP contribution is 2.12. The smallest absolute Gasteiger partial charge is 0.123 e. The van der Waals surface area contributed by atoms with Gasteiger partial charge in [0.1, 0.15) is 5.82 Å². The number of rotatable bonds is 6. The van der Waals surface area contributed by atoms with Crippen molar-refractivity contribution in [2.24, 2.45) is 0 Å². The van der Waals surface area contributed by atoms with Crippen LogP contribution in [0.4, 0.5) is 4.39 Å². The topological polar surface area (TPSA) is 45.1 Å². The second kappa shape index (κ2) is 6.97. The molecule has 0 saturated carbocycles. The van der Waals surface area contributed by atoms with Crippen LogP contribution in [0.2, 0.25) is 0 Å². The molecule has 4 heteroatoms. The fourth-order valence-corrected chi connectivity index (χ4v) is 1.80. The minimum atomic E-state index is -0.621. The van der Waals surface area contributed by atoms with Gasteiger partial charge in [-0.05, 0) is 29.8 Å². The number of benzene rings is 1. The minimum Gasteiger partial charge on any atom is -0.387 e. The van der Waals surface area contributed by atoms with E-state index in [9.17, 15) is 9.50 Å². The van der Waals surface area contributed by atoms with E-state index in [4.69, 9.17) is 0 Å². The summed E-state index contributed by atoms with van der Waals surface area (Å²) in [7, 11) is 0. The molecule has 0 spiro atoms. The van der Waals surface area contributed by atoms with Crippen molar-refractivity contribution in [3.8, 4) is 0 Å². The Morgan fingerprint density at radius 3 is 2.63 bits per heavy atom. The first-order valence-corrected chi connectivity index (χ1v) is 6.30. The number of pyridine rings is 1. The van der Waals surface area contributed by atoms with Crippen molar-refractivity contribution >= 4 is 0 Å². The van der Waals surface area contributed by atoms with Crippen LogP contribution >= 0.6 is 0 Å². The monoisotopic (exact) mass is 260 g/mol. The van der Waals surface area contributed by atoms with Gasteiger partial charge in [0, 0.05) is 31.4 Å². The summed E-state index contributed by atoms with van der Waals surface area (Å²) in [4.78, 5) is 4.22. The van der Waals surface area contributed by atoms with Crippen molar-refractivity contribution < 1.29 is 9.50 Å². The van der Waals surface area contributed by atoms with E-state index in [1.54, 1.807) is 18.3 Å². The quantitative estimate of drug-likeness (QED) is 0.782. The Balaban J connectivity index is 1.72. The van der Waals surface area contributed by atoms with Gasteiger partial charge in [-0.1, -0.05) is 18.2 Å². The lowest BCUT2D eigenvalue weighted by molar-refractivity contribution is 0.175. The van der Waals surface area contributed by atoms with Crippen LogP contribution in [0, 0.1) is 5.82 Å². The van der Waals surface area contributed by atoms with Gasteiger partial charge in [-0.15, -0.1) is 0 Å². The van der Waals surface area contributed by atoms with Gasteiger partial charge in [0.2, 0.25) is 0 Å². The summed E-state index contributed by atoms with van der Waals surface area (Å²) in [6, 6.07) is 11.7. The molecule has 0 bridgehead atoms. The van der Waals surface area contributed by atoms with E-state index in [1.165, 1.54) is 12.1 Å². The fraction of sp³-hybridized carbons (Fsp3) is 0.267. The third-order valence-corrected chi connectivity index (χ3v) is 2.88. The Hall–Kier alpha value is -1.78. The molecule has 0 aliphatic carbocycles. The highest BCUT2D eigenvalue weighted by Gasteiger charge is 2.06. The normalized spacial score (nSPS) is 12.3. The van der Waals surface area contributed by atoms with E-state index in [0.717, 1.165) is 18.7 Å². The predicted octanol–water partition coefficient (Wildman–Crippen LogP) is 2.09. The Morgan fingerprint density at radius 2 is 1.95 bits per heavy atom. The molecule has 0 aliphatic rings. The van der Waals surface area contributed by atoms with Crippen LogP contribution in [0.15, 0.2) is 48.7 Å². The summed E-state index contributed by atoms with van der Waals surface area (Å²) < 4.78 is 12.7. The summed E-state index contributed by atoms with van der Waals surface area (Å²) in [6.07, 6.45) is 1.96. The number of aromatic nitrogens is 1. The van der Waals surface area contributed by atoms with E-state index in [-0.39, 0.29) is 5.82 Å². The van der Waals surface area contributed by atoms with Gasteiger partial charge in [-0.25, -0.2) is 4.39 Å². The van der Waals surface area contributed by atoms with Crippen LogP contribution in [0.25, 0.3) is 0 Å². The summed E-state index contributed by atoms with van der Waals surface area (Å²) >= 11 is 0. The number of hydrogen-bond acceptors (Lipinski definition) is 3. The van der Waals surface area contributed by atoms with Gasteiger partial charge < -0.3 is 10.4 Å². The average molecular weight is 260 g/mol. The fourth-order valence-electron chi connectivity index (χ4n) is 1.80. The number of halogens is 1. The van der Waals surface area contributed by atoms with Gasteiger partial charge in [-0.3, -0.25) is 4.98 Å². The Labute approximate surface area is 112 Å². The maximum absolute atomic E-state index is 12.7. The summed E-state index contributed by atoms with van der Waals surface area (Å²) in [6.45, 7) is 1.19. The van der Waals surface area contributed by atoms with Gasteiger partial charge in [0.25, 0.3) is 0 Å². The van der Waals surface area contributed by atoms with E-state index < -0.39 is 6.10 Å². The highest BCUT2D eigenvalue weighted by molar-refractivity contribution is 5.18. The first-order chi connectivity index (χ1) is 9.25. The summed E-state index contributed by atoms with van der Waals surface area (Å²) in [5.41, 5.74) is 1.73. The molecule has 3 nitrogen and oxygen atoms in total. The molecule has 1 aromatic carbocycles. The Morgan fingerprint density at radius 1 is 1.16 bits per heavy atom. The second-order valence-electron chi connectivity index (χ2n) is 4.34. The molecule has 1 heterocycles. The van der Waals surface area contributed by atoms with Gasteiger partial charge in [0.15, 0.2) is 0 Å². The molecule has 0 fully saturated rings. The lowest BCUT2D eigenvalue weighted by Crippen LogP contribution is -2.24. The van der Waals surface area contributed by atoms with Crippen molar-refractivity contribution in [3.63, 3.8) is 0 Å². The molecule has 0 saturated heterocycles. The predicted molar refractivity (Wildman–Crippen MR) is 72.2 cm³/mol. The molecule has 0 radical (unpaired) electrons. The minimum absolute atomic E-state index is 0.293.